The molecule has 0 aliphatic rings. The van der Waals surface area contributed by atoms with Gasteiger partial charge in [-0.1, -0.05) is 88.7 Å². The number of unbranched alkanes of at least 4 members (excludes halogenated alkanes) is 9. The van der Waals surface area contributed by atoms with E-state index in [1.807, 2.05) is 12.2 Å². The van der Waals surface area contributed by atoms with Gasteiger partial charge in [-0.2, -0.15) is 0 Å². The molecule has 0 atom stereocenters. The van der Waals surface area contributed by atoms with Gasteiger partial charge >= 0.3 is 5.97 Å². The standard InChI is InChI=1S/C18H30O2.C2H4O2/c1-2-3-4-5-6-7-8-9-10-11-12-13-14-15-16-17-18(19)20;1-2(3)4/h12-17H,2-11H2,1H3,(H,19,20);1H3,(H,3,4)/b13-12+,15-14+,17-16+;. The van der Waals surface area contributed by atoms with Gasteiger partial charge in [0.1, 0.15) is 0 Å². The van der Waals surface area contributed by atoms with Gasteiger partial charge in [-0.05, 0) is 12.8 Å². The Balaban J connectivity index is 0. The van der Waals surface area contributed by atoms with E-state index in [2.05, 4.69) is 13.0 Å². The third-order valence-electron chi connectivity index (χ3n) is 3.18. The van der Waals surface area contributed by atoms with E-state index < -0.39 is 11.9 Å². The first-order valence-electron chi connectivity index (χ1n) is 8.93. The van der Waals surface area contributed by atoms with E-state index in [0.29, 0.717) is 0 Å². The molecule has 0 radical (unpaired) electrons. The predicted molar refractivity (Wildman–Crippen MR) is 100 cm³/mol. The van der Waals surface area contributed by atoms with Crippen molar-refractivity contribution in [3.8, 4) is 0 Å². The van der Waals surface area contributed by atoms with Crippen LogP contribution in [0.25, 0.3) is 0 Å². The average molecular weight is 338 g/mol. The van der Waals surface area contributed by atoms with Crippen molar-refractivity contribution in [3.05, 3.63) is 36.5 Å². The summed E-state index contributed by atoms with van der Waals surface area (Å²) in [5.41, 5.74) is 0. The molecule has 0 aromatic carbocycles. The summed E-state index contributed by atoms with van der Waals surface area (Å²) in [6.07, 6.45) is 23.7. The number of rotatable bonds is 13. The van der Waals surface area contributed by atoms with E-state index >= 15 is 0 Å². The molecule has 138 valence electrons. The van der Waals surface area contributed by atoms with Crippen LogP contribution in [0.5, 0.6) is 0 Å². The van der Waals surface area contributed by atoms with Gasteiger partial charge in [0.15, 0.2) is 0 Å². The second-order valence-corrected chi connectivity index (χ2v) is 5.65. The fourth-order valence-corrected chi connectivity index (χ4v) is 2.01. The van der Waals surface area contributed by atoms with E-state index in [1.165, 1.54) is 63.9 Å². The number of allylic oxidation sites excluding steroid dienone is 5. The number of aliphatic carboxylic acids is 2. The highest BCUT2D eigenvalue weighted by molar-refractivity contribution is 5.80. The Kier molecular flexibility index (Phi) is 21.5. The van der Waals surface area contributed by atoms with Crippen molar-refractivity contribution in [2.45, 2.75) is 78.1 Å². The average Bonchev–Trinajstić information content (AvgIpc) is 2.50. The van der Waals surface area contributed by atoms with Gasteiger partial charge in [-0.3, -0.25) is 4.79 Å². The van der Waals surface area contributed by atoms with E-state index in [1.54, 1.807) is 6.08 Å². The molecule has 0 heterocycles. The van der Waals surface area contributed by atoms with Crippen molar-refractivity contribution < 1.29 is 19.8 Å². The topological polar surface area (TPSA) is 74.6 Å². The minimum Gasteiger partial charge on any atom is -0.481 e. The van der Waals surface area contributed by atoms with Crippen molar-refractivity contribution in [2.75, 3.05) is 0 Å². The first-order valence-corrected chi connectivity index (χ1v) is 8.93. The van der Waals surface area contributed by atoms with Crippen LogP contribution in [0.2, 0.25) is 0 Å². The first-order chi connectivity index (χ1) is 11.5. The molecular formula is C20H34O4. The van der Waals surface area contributed by atoms with Crippen LogP contribution < -0.4 is 0 Å². The maximum absolute atomic E-state index is 10.2. The van der Waals surface area contributed by atoms with Crippen molar-refractivity contribution in [2.24, 2.45) is 0 Å². The van der Waals surface area contributed by atoms with Crippen LogP contribution in [0.15, 0.2) is 36.5 Å². The highest BCUT2D eigenvalue weighted by Crippen LogP contribution is 2.10. The van der Waals surface area contributed by atoms with Gasteiger partial charge in [-0.15, -0.1) is 0 Å². The predicted octanol–water partition coefficient (Wildman–Crippen LogP) is 5.75. The molecule has 0 aliphatic heterocycles. The summed E-state index contributed by atoms with van der Waals surface area (Å²) in [6, 6.07) is 0. The molecule has 24 heavy (non-hydrogen) atoms. The van der Waals surface area contributed by atoms with Crippen LogP contribution >= 0.6 is 0 Å². The number of carbonyl (C=O) groups is 2. The molecule has 0 bridgehead atoms. The molecule has 2 N–H and O–H groups in total. The van der Waals surface area contributed by atoms with Gasteiger partial charge in [0.25, 0.3) is 5.97 Å². The fraction of sp³-hybridized carbons (Fsp3) is 0.600. The monoisotopic (exact) mass is 338 g/mol. The molecule has 0 spiro atoms. The van der Waals surface area contributed by atoms with Crippen LogP contribution in [-0.2, 0) is 9.59 Å². The molecule has 0 saturated heterocycles. The van der Waals surface area contributed by atoms with Crippen molar-refractivity contribution in [3.63, 3.8) is 0 Å². The number of carboxylic acids is 2. The Bertz CT molecular complexity index is 377. The number of hydrogen-bond acceptors (Lipinski definition) is 2. The molecule has 4 heteroatoms. The zero-order valence-electron chi connectivity index (χ0n) is 15.2. The third-order valence-corrected chi connectivity index (χ3v) is 3.18. The van der Waals surface area contributed by atoms with Crippen LogP contribution in [0.3, 0.4) is 0 Å². The van der Waals surface area contributed by atoms with E-state index in [9.17, 15) is 4.79 Å². The maximum atomic E-state index is 10.2. The first kappa shape index (κ1) is 24.4. The normalized spacial score (nSPS) is 11.1. The summed E-state index contributed by atoms with van der Waals surface area (Å²) in [6.45, 7) is 3.34. The Morgan fingerprint density at radius 1 is 0.750 bits per heavy atom. The highest BCUT2D eigenvalue weighted by Gasteiger charge is 1.90. The molecule has 0 amide bonds. The summed E-state index contributed by atoms with van der Waals surface area (Å²) in [7, 11) is 0. The zero-order valence-corrected chi connectivity index (χ0v) is 15.2. The lowest BCUT2D eigenvalue weighted by Gasteiger charge is -2.00. The Hall–Kier alpha value is -1.84. The van der Waals surface area contributed by atoms with Gasteiger partial charge in [0, 0.05) is 13.0 Å². The SMILES string of the molecule is CC(=O)O.CCCCCCCCCCC/C=C/C=C/C=C/C(=O)O. The van der Waals surface area contributed by atoms with Crippen LogP contribution in [0.4, 0.5) is 0 Å². The third kappa shape index (κ3) is 32.2. The van der Waals surface area contributed by atoms with Gasteiger partial charge in [-0.25, -0.2) is 4.79 Å². The van der Waals surface area contributed by atoms with Gasteiger partial charge < -0.3 is 10.2 Å². The summed E-state index contributed by atoms with van der Waals surface area (Å²) in [5.74, 6) is -1.74. The molecule has 4 nitrogen and oxygen atoms in total. The molecular weight excluding hydrogens is 304 g/mol. The highest BCUT2D eigenvalue weighted by atomic mass is 16.4. The van der Waals surface area contributed by atoms with E-state index in [-0.39, 0.29) is 0 Å². The molecule has 0 aromatic rings. The molecule has 0 aromatic heterocycles. The zero-order chi connectivity index (χ0) is 18.5. The Morgan fingerprint density at radius 3 is 1.71 bits per heavy atom. The van der Waals surface area contributed by atoms with E-state index in [0.717, 1.165) is 19.4 Å². The molecule has 0 rings (SSSR count). The molecule has 0 unspecified atom stereocenters. The maximum Gasteiger partial charge on any atom is 0.328 e. The van der Waals surface area contributed by atoms with Gasteiger partial charge in [0.2, 0.25) is 0 Å². The summed E-state index contributed by atoms with van der Waals surface area (Å²) in [5, 5.41) is 15.8. The summed E-state index contributed by atoms with van der Waals surface area (Å²) < 4.78 is 0. The molecule has 0 aliphatic carbocycles. The van der Waals surface area contributed by atoms with Crippen molar-refractivity contribution >= 4 is 11.9 Å². The largest absolute Gasteiger partial charge is 0.481 e. The van der Waals surface area contributed by atoms with Crippen LogP contribution in [0.1, 0.15) is 78.1 Å². The molecule has 0 fully saturated rings. The van der Waals surface area contributed by atoms with E-state index in [4.69, 9.17) is 15.0 Å². The van der Waals surface area contributed by atoms with Gasteiger partial charge in [0.05, 0.1) is 0 Å². The Labute approximate surface area is 147 Å². The van der Waals surface area contributed by atoms with Crippen LogP contribution in [-0.4, -0.2) is 22.2 Å². The quantitative estimate of drug-likeness (QED) is 0.255. The summed E-state index contributed by atoms with van der Waals surface area (Å²) in [4.78, 5) is 19.2. The fourth-order valence-electron chi connectivity index (χ4n) is 2.01. The summed E-state index contributed by atoms with van der Waals surface area (Å²) >= 11 is 0. The lowest BCUT2D eigenvalue weighted by Crippen LogP contribution is -1.84. The van der Waals surface area contributed by atoms with Crippen molar-refractivity contribution in [1.82, 2.24) is 0 Å². The minimum absolute atomic E-state index is 0.833. The van der Waals surface area contributed by atoms with Crippen molar-refractivity contribution in [1.29, 1.82) is 0 Å². The second-order valence-electron chi connectivity index (χ2n) is 5.65. The molecule has 0 saturated carbocycles. The smallest absolute Gasteiger partial charge is 0.328 e. The lowest BCUT2D eigenvalue weighted by atomic mass is 10.1. The van der Waals surface area contributed by atoms with Crippen LogP contribution in [0, 0.1) is 0 Å². The second kappa shape index (κ2) is 21.2. The number of hydrogen-bond donors (Lipinski definition) is 2. The minimum atomic E-state index is -0.909. The Morgan fingerprint density at radius 2 is 1.21 bits per heavy atom. The number of carboxylic acid groups (broad SMARTS) is 2. The lowest BCUT2D eigenvalue weighted by molar-refractivity contribution is -0.134.